The maximum atomic E-state index is 11.1. The van der Waals surface area contributed by atoms with Crippen LogP contribution in [-0.2, 0) is 19.8 Å². The first-order valence-corrected chi connectivity index (χ1v) is 17.5. The number of carboxylic acid groups (broad SMARTS) is 1. The average molecular weight is 804 g/mol. The number of hydrogen-bond acceptors (Lipinski definition) is 9. The lowest BCUT2D eigenvalue weighted by molar-refractivity contribution is 0.0696. The van der Waals surface area contributed by atoms with Crippen molar-refractivity contribution in [3.05, 3.63) is 182 Å². The summed E-state index contributed by atoms with van der Waals surface area (Å²) in [5, 5.41) is 28.0. The Labute approximate surface area is 333 Å². The van der Waals surface area contributed by atoms with Crippen LogP contribution in [-0.4, -0.2) is 42.8 Å². The number of aromatic nitrogens is 2. The van der Waals surface area contributed by atoms with E-state index in [4.69, 9.17) is 59.6 Å². The van der Waals surface area contributed by atoms with Crippen LogP contribution < -0.4 is 9.47 Å². The molecule has 0 atom stereocenters. The minimum atomic E-state index is -0.948. The van der Waals surface area contributed by atoms with E-state index in [9.17, 15) is 14.4 Å². The van der Waals surface area contributed by atoms with Crippen LogP contribution in [0.2, 0.25) is 15.1 Å². The molecule has 13 heteroatoms. The summed E-state index contributed by atoms with van der Waals surface area (Å²) in [7, 11) is 0. The third-order valence-corrected chi connectivity index (χ3v) is 7.69. The average Bonchev–Trinajstić information content (AvgIpc) is 3.17. The second kappa shape index (κ2) is 23.1. The molecule has 10 nitrogen and oxygen atoms in total. The Hall–Kier alpha value is -5.78. The van der Waals surface area contributed by atoms with Gasteiger partial charge in [0.25, 0.3) is 0 Å². The standard InChI is InChI=1S/C14H12ClNO2.C14H11ClO3.C8H8O2.C6H6ClNO/c1-10(17)12-2-4-14(5-3-12)18-9-11-6-13(15)8-16-7-11;15-12-3-1-2-10(8-12)9-18-13-6-4-11(5-7-13)14(16)17;1-6(9)7-2-4-8(10)5-3-7;7-6-1-5(4-9)2-8-3-6/h2-8H,9H2,1H3;1-8H,9H2,(H,16,17);2-5,10H,1H3;1-3,9H,4H2. The number of hydrogen-bond donors (Lipinski definition) is 3. The highest BCUT2D eigenvalue weighted by Gasteiger charge is 2.03. The fraction of sp³-hybridized carbons (Fsp3) is 0.119. The third kappa shape index (κ3) is 16.8. The zero-order chi connectivity index (χ0) is 40.2. The lowest BCUT2D eigenvalue weighted by Gasteiger charge is -2.06. The van der Waals surface area contributed by atoms with Gasteiger partial charge in [0.1, 0.15) is 30.5 Å². The van der Waals surface area contributed by atoms with Crippen molar-refractivity contribution in [3.63, 3.8) is 0 Å². The monoisotopic (exact) mass is 802 g/mol. The van der Waals surface area contributed by atoms with E-state index in [2.05, 4.69) is 9.97 Å². The normalized spacial score (nSPS) is 9.85. The molecule has 55 heavy (non-hydrogen) atoms. The van der Waals surface area contributed by atoms with E-state index < -0.39 is 5.97 Å². The fourth-order valence-electron chi connectivity index (χ4n) is 4.21. The smallest absolute Gasteiger partial charge is 0.335 e. The number of carbonyl (C=O) groups excluding carboxylic acids is 2. The van der Waals surface area contributed by atoms with Crippen molar-refractivity contribution < 1.29 is 39.2 Å². The number of aliphatic hydroxyl groups excluding tert-OH is 1. The molecule has 2 heterocycles. The number of rotatable bonds is 10. The van der Waals surface area contributed by atoms with E-state index in [0.717, 1.165) is 16.7 Å². The van der Waals surface area contributed by atoms with Crippen LogP contribution in [0.1, 0.15) is 61.6 Å². The predicted molar refractivity (Wildman–Crippen MR) is 212 cm³/mol. The highest BCUT2D eigenvalue weighted by Crippen LogP contribution is 2.18. The number of aliphatic hydroxyl groups is 1. The van der Waals surface area contributed by atoms with Crippen molar-refractivity contribution >= 4 is 52.3 Å². The van der Waals surface area contributed by atoms with Crippen molar-refractivity contribution in [1.82, 2.24) is 9.97 Å². The van der Waals surface area contributed by atoms with Gasteiger partial charge in [-0.05, 0) is 122 Å². The molecule has 4 aromatic carbocycles. The van der Waals surface area contributed by atoms with Gasteiger partial charge in [0.15, 0.2) is 11.6 Å². The molecule has 0 aliphatic heterocycles. The molecule has 0 fully saturated rings. The number of pyridine rings is 2. The summed E-state index contributed by atoms with van der Waals surface area (Å²) in [5.74, 6) is 0.627. The number of Topliss-reactive ketones (excluding diaryl/α,β-unsaturated/α-hetero) is 2. The van der Waals surface area contributed by atoms with Crippen LogP contribution in [0.3, 0.4) is 0 Å². The number of carbonyl (C=O) groups is 3. The van der Waals surface area contributed by atoms with Crippen LogP contribution in [0.15, 0.2) is 134 Å². The second-order valence-corrected chi connectivity index (χ2v) is 12.7. The molecule has 0 radical (unpaired) electrons. The van der Waals surface area contributed by atoms with Crippen LogP contribution in [0, 0.1) is 0 Å². The molecule has 6 aromatic rings. The number of benzene rings is 4. The molecule has 0 saturated heterocycles. The van der Waals surface area contributed by atoms with Gasteiger partial charge in [-0.3, -0.25) is 19.6 Å². The summed E-state index contributed by atoms with van der Waals surface area (Å²) in [6.07, 6.45) is 6.38. The van der Waals surface area contributed by atoms with Gasteiger partial charge in [-0.15, -0.1) is 0 Å². The minimum Gasteiger partial charge on any atom is -0.508 e. The predicted octanol–water partition coefficient (Wildman–Crippen LogP) is 9.96. The number of phenolic OH excluding ortho intramolecular Hbond substituents is 1. The van der Waals surface area contributed by atoms with Crippen molar-refractivity contribution in [2.24, 2.45) is 0 Å². The van der Waals surface area contributed by atoms with E-state index in [0.29, 0.717) is 50.9 Å². The number of aromatic hydroxyl groups is 1. The molecule has 2 aromatic heterocycles. The van der Waals surface area contributed by atoms with Gasteiger partial charge in [0, 0.05) is 46.5 Å². The van der Waals surface area contributed by atoms with E-state index in [-0.39, 0.29) is 29.5 Å². The van der Waals surface area contributed by atoms with Crippen molar-refractivity contribution in [1.29, 1.82) is 0 Å². The van der Waals surface area contributed by atoms with Gasteiger partial charge >= 0.3 is 5.97 Å². The van der Waals surface area contributed by atoms with Crippen molar-refractivity contribution in [3.8, 4) is 17.2 Å². The highest BCUT2D eigenvalue weighted by atomic mass is 35.5. The van der Waals surface area contributed by atoms with E-state index >= 15 is 0 Å². The second-order valence-electron chi connectivity index (χ2n) is 11.4. The Morgan fingerprint density at radius 1 is 0.564 bits per heavy atom. The van der Waals surface area contributed by atoms with E-state index in [1.165, 1.54) is 44.3 Å². The lowest BCUT2D eigenvalue weighted by atomic mass is 10.1. The summed E-state index contributed by atoms with van der Waals surface area (Å²) in [6, 6.07) is 30.4. The number of nitrogens with zero attached hydrogens (tertiary/aromatic N) is 2. The highest BCUT2D eigenvalue weighted by molar-refractivity contribution is 6.31. The summed E-state index contributed by atoms with van der Waals surface area (Å²) in [6.45, 7) is 3.81. The van der Waals surface area contributed by atoms with E-state index in [1.807, 2.05) is 18.2 Å². The molecule has 0 amide bonds. The molecule has 0 unspecified atom stereocenters. The zero-order valence-electron chi connectivity index (χ0n) is 29.7. The molecular formula is C42H37Cl3N2O8. The van der Waals surface area contributed by atoms with Crippen LogP contribution in [0.25, 0.3) is 0 Å². The third-order valence-electron chi connectivity index (χ3n) is 7.04. The molecule has 0 spiro atoms. The maximum Gasteiger partial charge on any atom is 0.335 e. The van der Waals surface area contributed by atoms with Gasteiger partial charge in [-0.2, -0.15) is 0 Å². The fourth-order valence-corrected chi connectivity index (χ4v) is 4.82. The molecule has 0 aliphatic rings. The summed E-state index contributed by atoms with van der Waals surface area (Å²) < 4.78 is 11.1. The number of ether oxygens (including phenoxy) is 2. The Kier molecular flexibility index (Phi) is 18.3. The molecule has 0 saturated carbocycles. The first kappa shape index (κ1) is 43.6. The maximum absolute atomic E-state index is 11.1. The van der Waals surface area contributed by atoms with Gasteiger partial charge in [0.2, 0.25) is 0 Å². The van der Waals surface area contributed by atoms with E-state index in [1.54, 1.807) is 85.3 Å². The Morgan fingerprint density at radius 2 is 1.00 bits per heavy atom. The molecule has 0 bridgehead atoms. The SMILES string of the molecule is CC(=O)c1ccc(O)cc1.CC(=O)c1ccc(OCc2cncc(Cl)c2)cc1.O=C(O)c1ccc(OCc2cccc(Cl)c2)cc1.OCc1cncc(Cl)c1. The molecular weight excluding hydrogens is 767 g/mol. The molecule has 0 aliphatic carbocycles. The Morgan fingerprint density at radius 3 is 1.44 bits per heavy atom. The number of phenols is 1. The zero-order valence-corrected chi connectivity index (χ0v) is 32.0. The topological polar surface area (TPSA) is 156 Å². The first-order valence-electron chi connectivity index (χ1n) is 16.4. The number of ketones is 2. The summed E-state index contributed by atoms with van der Waals surface area (Å²) in [5.41, 5.74) is 4.14. The van der Waals surface area contributed by atoms with Gasteiger partial charge in [-0.25, -0.2) is 4.79 Å². The summed E-state index contributed by atoms with van der Waals surface area (Å²) >= 11 is 17.2. The molecule has 3 N–H and O–H groups in total. The quantitative estimate of drug-likeness (QED) is 0.114. The van der Waals surface area contributed by atoms with Crippen LogP contribution >= 0.6 is 34.8 Å². The number of carboxylic acids is 1. The van der Waals surface area contributed by atoms with Crippen molar-refractivity contribution in [2.45, 2.75) is 33.7 Å². The number of halogens is 3. The molecule has 6 rings (SSSR count). The lowest BCUT2D eigenvalue weighted by Crippen LogP contribution is -1.98. The Bertz CT molecular complexity index is 2030. The van der Waals surface area contributed by atoms with Gasteiger partial charge in [-0.1, -0.05) is 46.9 Å². The van der Waals surface area contributed by atoms with Crippen LogP contribution in [0.5, 0.6) is 17.2 Å². The number of aromatic carboxylic acids is 1. The molecule has 284 valence electrons. The summed E-state index contributed by atoms with van der Waals surface area (Å²) in [4.78, 5) is 40.2. The Balaban J connectivity index is 0.000000206. The van der Waals surface area contributed by atoms with Gasteiger partial charge < -0.3 is 24.8 Å². The first-order chi connectivity index (χ1) is 26.3. The van der Waals surface area contributed by atoms with Crippen molar-refractivity contribution in [2.75, 3.05) is 0 Å². The largest absolute Gasteiger partial charge is 0.508 e. The van der Waals surface area contributed by atoms with Gasteiger partial charge in [0.05, 0.1) is 22.2 Å². The minimum absolute atomic E-state index is 0.00639. The van der Waals surface area contributed by atoms with Crippen LogP contribution in [0.4, 0.5) is 0 Å².